The van der Waals surface area contributed by atoms with Gasteiger partial charge in [-0.1, -0.05) is 31.0 Å². The van der Waals surface area contributed by atoms with E-state index in [0.29, 0.717) is 5.75 Å². The number of aliphatic hydroxyl groups excluding tert-OH is 1. The molecule has 0 unspecified atom stereocenters. The summed E-state index contributed by atoms with van der Waals surface area (Å²) in [6.45, 7) is 13.2. The molecule has 6 heteroatoms. The molecule has 0 aromatic heterocycles. The van der Waals surface area contributed by atoms with Crippen LogP contribution in [-0.2, 0) is 14.3 Å². The van der Waals surface area contributed by atoms with Crippen LogP contribution in [0.4, 0.5) is 4.79 Å². The number of esters is 1. The van der Waals surface area contributed by atoms with E-state index in [0.717, 1.165) is 11.8 Å². The summed E-state index contributed by atoms with van der Waals surface area (Å²) in [5.41, 5.74) is 2.85. The van der Waals surface area contributed by atoms with Gasteiger partial charge in [0.05, 0.1) is 6.26 Å². The van der Waals surface area contributed by atoms with Crippen molar-refractivity contribution in [2.75, 3.05) is 0 Å². The van der Waals surface area contributed by atoms with Crippen LogP contribution in [0.1, 0.15) is 33.3 Å². The van der Waals surface area contributed by atoms with Crippen molar-refractivity contribution in [1.29, 1.82) is 0 Å². The summed E-state index contributed by atoms with van der Waals surface area (Å²) < 4.78 is 14.2. The van der Waals surface area contributed by atoms with Gasteiger partial charge in [0.15, 0.2) is 5.76 Å². The summed E-state index contributed by atoms with van der Waals surface area (Å²) >= 11 is 0. The fourth-order valence-corrected chi connectivity index (χ4v) is 1.33. The second-order valence-electron chi connectivity index (χ2n) is 5.79. The molecule has 0 fully saturated rings. The number of aliphatic hydroxyl groups is 1. The quantitative estimate of drug-likeness (QED) is 0.269. The average Bonchev–Trinajstić information content (AvgIpc) is 2.52. The lowest BCUT2D eigenvalue weighted by molar-refractivity contribution is -0.135. The second-order valence-corrected chi connectivity index (χ2v) is 5.79. The van der Waals surface area contributed by atoms with E-state index >= 15 is 0 Å². The first-order valence-corrected chi connectivity index (χ1v) is 7.64. The van der Waals surface area contributed by atoms with Gasteiger partial charge in [0.25, 0.3) is 0 Å². The van der Waals surface area contributed by atoms with Crippen LogP contribution in [0.2, 0.25) is 0 Å². The molecule has 1 aromatic rings. The van der Waals surface area contributed by atoms with E-state index in [1.807, 2.05) is 0 Å². The van der Waals surface area contributed by atoms with Gasteiger partial charge in [0, 0.05) is 6.92 Å². The third-order valence-electron chi connectivity index (χ3n) is 2.30. The Kier molecular flexibility index (Phi) is 9.93. The highest BCUT2D eigenvalue weighted by molar-refractivity contribution is 5.66. The zero-order valence-electron chi connectivity index (χ0n) is 15.4. The Morgan fingerprint density at radius 2 is 1.73 bits per heavy atom. The molecule has 0 amide bonds. The number of hydrogen-bond donors (Lipinski definition) is 1. The first kappa shape index (κ1) is 22.8. The average molecular weight is 360 g/mol. The minimum absolute atomic E-state index is 0.0425. The van der Waals surface area contributed by atoms with Crippen molar-refractivity contribution < 1.29 is 28.9 Å². The van der Waals surface area contributed by atoms with Gasteiger partial charge in [-0.05, 0) is 50.6 Å². The molecular formula is C20H24O6. The van der Waals surface area contributed by atoms with Gasteiger partial charge in [0.2, 0.25) is 0 Å². The molecule has 0 atom stereocenters. The van der Waals surface area contributed by atoms with Gasteiger partial charge in [-0.15, -0.1) is 0 Å². The maximum atomic E-state index is 11.5. The molecule has 0 radical (unpaired) electrons. The van der Waals surface area contributed by atoms with E-state index in [-0.39, 0.29) is 11.7 Å². The van der Waals surface area contributed by atoms with Gasteiger partial charge >= 0.3 is 12.1 Å². The lowest BCUT2D eigenvalue weighted by atomic mass is 10.2. The van der Waals surface area contributed by atoms with Crippen molar-refractivity contribution in [3.05, 3.63) is 66.8 Å². The first-order chi connectivity index (χ1) is 12.1. The fraction of sp³-hybridized carbons (Fsp3) is 0.250. The number of ether oxygens (including phenoxy) is 3. The highest BCUT2D eigenvalue weighted by Gasteiger charge is 2.17. The molecule has 0 heterocycles. The number of rotatable bonds is 4. The topological polar surface area (TPSA) is 82.1 Å². The maximum Gasteiger partial charge on any atom is 0.514 e. The second kappa shape index (κ2) is 11.3. The van der Waals surface area contributed by atoms with E-state index in [9.17, 15) is 14.7 Å². The summed E-state index contributed by atoms with van der Waals surface area (Å²) in [6, 6.07) is 6.71. The Bertz CT molecular complexity index is 686. The predicted octanol–water partition coefficient (Wildman–Crippen LogP) is 4.93. The predicted molar refractivity (Wildman–Crippen MR) is 99.6 cm³/mol. The number of benzene rings is 1. The minimum Gasteiger partial charge on any atom is -0.501 e. The van der Waals surface area contributed by atoms with E-state index in [2.05, 4.69) is 23.6 Å². The molecule has 140 valence electrons. The summed E-state index contributed by atoms with van der Waals surface area (Å²) in [7, 11) is 0. The molecule has 0 saturated carbocycles. The zero-order chi connectivity index (χ0) is 20.2. The largest absolute Gasteiger partial charge is 0.514 e. The van der Waals surface area contributed by atoms with Gasteiger partial charge in [-0.25, -0.2) is 4.79 Å². The van der Waals surface area contributed by atoms with Crippen LogP contribution in [0.25, 0.3) is 6.08 Å². The van der Waals surface area contributed by atoms with Gasteiger partial charge in [-0.3, -0.25) is 4.79 Å². The van der Waals surface area contributed by atoms with Crippen LogP contribution in [0.15, 0.2) is 61.3 Å². The normalized spacial score (nSPS) is 9.38. The molecule has 1 rings (SSSR count). The Balaban J connectivity index is 0.000000896. The van der Waals surface area contributed by atoms with E-state index < -0.39 is 11.8 Å². The van der Waals surface area contributed by atoms with Gasteiger partial charge in [-0.2, -0.15) is 0 Å². The Morgan fingerprint density at radius 1 is 1.15 bits per heavy atom. The lowest BCUT2D eigenvalue weighted by Gasteiger charge is -2.18. The molecule has 26 heavy (non-hydrogen) atoms. The van der Waals surface area contributed by atoms with Crippen molar-refractivity contribution >= 4 is 18.2 Å². The summed E-state index contributed by atoms with van der Waals surface area (Å²) in [5.74, 6) is 0.0115. The standard InChI is InChI=1S/C16H18O4.C4H6O2/c1-5-13(17)9-6-12-7-10-14(11-8-12)19-15(18)20-16(2,3)4;1-3-6-4(2)5/h5-8,10-11,17H,1H2,2-4H3;3H,1H2,2H3. The highest BCUT2D eigenvalue weighted by atomic mass is 16.7. The molecular weight excluding hydrogens is 336 g/mol. The Morgan fingerprint density at radius 3 is 2.12 bits per heavy atom. The van der Waals surface area contributed by atoms with Crippen LogP contribution in [0.3, 0.4) is 0 Å². The summed E-state index contributed by atoms with van der Waals surface area (Å²) in [6.07, 6.45) is 3.23. The number of carbonyl (C=O) groups excluding carboxylic acids is 2. The van der Waals surface area contributed by atoms with E-state index in [4.69, 9.17) is 9.47 Å². The summed E-state index contributed by atoms with van der Waals surface area (Å²) in [4.78, 5) is 21.2. The third-order valence-corrected chi connectivity index (χ3v) is 2.30. The van der Waals surface area contributed by atoms with Gasteiger partial charge < -0.3 is 19.3 Å². The molecule has 1 aromatic carbocycles. The zero-order valence-corrected chi connectivity index (χ0v) is 15.4. The minimum atomic E-state index is -0.745. The maximum absolute atomic E-state index is 11.5. The Hall–Kier alpha value is -3.24. The van der Waals surface area contributed by atoms with Crippen LogP contribution < -0.4 is 4.74 Å². The van der Waals surface area contributed by atoms with Crippen LogP contribution in [-0.4, -0.2) is 22.8 Å². The van der Waals surface area contributed by atoms with Crippen molar-refractivity contribution in [2.45, 2.75) is 33.3 Å². The number of carbonyl (C=O) groups is 2. The molecule has 0 spiro atoms. The monoisotopic (exact) mass is 360 g/mol. The fourth-order valence-electron chi connectivity index (χ4n) is 1.33. The van der Waals surface area contributed by atoms with E-state index in [1.165, 1.54) is 13.0 Å². The molecule has 0 aliphatic rings. The van der Waals surface area contributed by atoms with Crippen molar-refractivity contribution in [2.24, 2.45) is 0 Å². The lowest BCUT2D eigenvalue weighted by Crippen LogP contribution is -2.25. The SMILES string of the molecule is C=CC(O)=C=Cc1ccc(OC(=O)OC(C)(C)C)cc1.C=COC(C)=O. The molecule has 0 aliphatic carbocycles. The number of allylic oxidation sites excluding steroid dienone is 1. The Labute approximate surface area is 153 Å². The molecule has 6 nitrogen and oxygen atoms in total. The van der Waals surface area contributed by atoms with Crippen molar-refractivity contribution in [1.82, 2.24) is 0 Å². The number of hydrogen-bond acceptors (Lipinski definition) is 6. The van der Waals surface area contributed by atoms with Gasteiger partial charge in [0.1, 0.15) is 11.4 Å². The van der Waals surface area contributed by atoms with Crippen molar-refractivity contribution in [3.8, 4) is 5.75 Å². The molecule has 0 aliphatic heterocycles. The van der Waals surface area contributed by atoms with Crippen LogP contribution >= 0.6 is 0 Å². The molecule has 1 N–H and O–H groups in total. The smallest absolute Gasteiger partial charge is 0.501 e. The molecule has 0 saturated heterocycles. The van der Waals surface area contributed by atoms with Crippen molar-refractivity contribution in [3.63, 3.8) is 0 Å². The first-order valence-electron chi connectivity index (χ1n) is 7.64. The van der Waals surface area contributed by atoms with Crippen LogP contribution in [0, 0.1) is 0 Å². The highest BCUT2D eigenvalue weighted by Crippen LogP contribution is 2.15. The molecule has 0 bridgehead atoms. The summed E-state index contributed by atoms with van der Waals surface area (Å²) in [5, 5.41) is 9.17. The van der Waals surface area contributed by atoms with E-state index in [1.54, 1.807) is 51.1 Å². The van der Waals surface area contributed by atoms with Crippen LogP contribution in [0.5, 0.6) is 5.75 Å². The third kappa shape index (κ3) is 12.2.